The summed E-state index contributed by atoms with van der Waals surface area (Å²) < 4.78 is 4.87. The van der Waals surface area contributed by atoms with Crippen LogP contribution < -0.4 is 5.32 Å². The summed E-state index contributed by atoms with van der Waals surface area (Å²) >= 11 is 11.9. The predicted octanol–water partition coefficient (Wildman–Crippen LogP) is 4.23. The van der Waals surface area contributed by atoms with E-state index in [1.807, 2.05) is 32.9 Å². The number of hydrogen-bond acceptors (Lipinski definition) is 3. The molecule has 0 spiro atoms. The summed E-state index contributed by atoms with van der Waals surface area (Å²) in [7, 11) is 1.41. The maximum atomic E-state index is 11.9. The summed E-state index contributed by atoms with van der Waals surface area (Å²) in [5.41, 5.74) is 0.983. The fourth-order valence-corrected chi connectivity index (χ4v) is 2.28. The average Bonchev–Trinajstić information content (AvgIpc) is 2.45. The molecule has 1 aromatic rings. The topological polar surface area (TPSA) is 38.3 Å². The number of rotatable bonds is 6. The van der Waals surface area contributed by atoms with Crippen LogP contribution in [-0.2, 0) is 9.53 Å². The van der Waals surface area contributed by atoms with Gasteiger partial charge in [0.15, 0.2) is 0 Å². The van der Waals surface area contributed by atoms with E-state index < -0.39 is 0 Å². The molecule has 0 saturated heterocycles. The van der Waals surface area contributed by atoms with Crippen LogP contribution in [0.2, 0.25) is 10.0 Å². The lowest BCUT2D eigenvalue weighted by molar-refractivity contribution is -0.144. The van der Waals surface area contributed by atoms with Gasteiger partial charge in [0.05, 0.1) is 17.2 Å². The molecule has 0 fully saturated rings. The summed E-state index contributed by atoms with van der Waals surface area (Å²) in [6, 6.07) is 5.11. The highest BCUT2D eigenvalue weighted by Crippen LogP contribution is 2.26. The fourth-order valence-electron chi connectivity index (χ4n) is 1.97. The molecule has 3 atom stereocenters. The highest BCUT2D eigenvalue weighted by Gasteiger charge is 2.26. The SMILES string of the molecule is CCC(C)C(NC(C)c1ccc(Cl)c(Cl)c1)C(=O)OC. The number of esters is 1. The standard InChI is InChI=1S/C15H21Cl2NO2/c1-5-9(2)14(15(19)20-4)18-10(3)11-6-7-12(16)13(17)8-11/h6-10,14,18H,5H2,1-4H3. The molecule has 0 aliphatic carbocycles. The van der Waals surface area contributed by atoms with Crippen LogP contribution in [0.15, 0.2) is 18.2 Å². The summed E-state index contributed by atoms with van der Waals surface area (Å²) in [6.07, 6.45) is 0.890. The third-order valence-electron chi connectivity index (χ3n) is 3.54. The molecule has 0 aliphatic rings. The average molecular weight is 318 g/mol. The van der Waals surface area contributed by atoms with E-state index in [0.717, 1.165) is 12.0 Å². The van der Waals surface area contributed by atoms with Crippen molar-refractivity contribution in [3.63, 3.8) is 0 Å². The monoisotopic (exact) mass is 317 g/mol. The Balaban J connectivity index is 2.86. The molecular weight excluding hydrogens is 297 g/mol. The van der Waals surface area contributed by atoms with Crippen LogP contribution in [0, 0.1) is 5.92 Å². The third kappa shape index (κ3) is 4.37. The number of benzene rings is 1. The van der Waals surface area contributed by atoms with Crippen LogP contribution in [0.25, 0.3) is 0 Å². The molecule has 0 aliphatic heterocycles. The number of hydrogen-bond donors (Lipinski definition) is 1. The zero-order chi connectivity index (χ0) is 15.3. The zero-order valence-corrected chi connectivity index (χ0v) is 13.8. The van der Waals surface area contributed by atoms with E-state index in [-0.39, 0.29) is 24.0 Å². The maximum Gasteiger partial charge on any atom is 0.323 e. The van der Waals surface area contributed by atoms with Gasteiger partial charge in [-0.05, 0) is 30.5 Å². The molecule has 1 N–H and O–H groups in total. The van der Waals surface area contributed by atoms with Crippen LogP contribution in [0.5, 0.6) is 0 Å². The Hall–Kier alpha value is -0.770. The number of halogens is 2. The highest BCUT2D eigenvalue weighted by atomic mass is 35.5. The van der Waals surface area contributed by atoms with Crippen molar-refractivity contribution in [2.75, 3.05) is 7.11 Å². The van der Waals surface area contributed by atoms with E-state index in [9.17, 15) is 4.79 Å². The van der Waals surface area contributed by atoms with E-state index >= 15 is 0 Å². The van der Waals surface area contributed by atoms with Gasteiger partial charge in [-0.2, -0.15) is 0 Å². The molecule has 0 heterocycles. The number of methoxy groups -OCH3 is 1. The molecule has 3 nitrogen and oxygen atoms in total. The lowest BCUT2D eigenvalue weighted by Crippen LogP contribution is -2.43. The van der Waals surface area contributed by atoms with Crippen molar-refractivity contribution in [3.8, 4) is 0 Å². The Morgan fingerprint density at radius 2 is 1.95 bits per heavy atom. The first kappa shape index (κ1) is 17.3. The lowest BCUT2D eigenvalue weighted by Gasteiger charge is -2.26. The number of carbonyl (C=O) groups is 1. The first-order valence-corrected chi connectivity index (χ1v) is 7.45. The molecule has 1 aromatic carbocycles. The summed E-state index contributed by atoms with van der Waals surface area (Å²) in [6.45, 7) is 6.06. The Bertz CT molecular complexity index is 465. The van der Waals surface area contributed by atoms with E-state index in [1.165, 1.54) is 7.11 Å². The van der Waals surface area contributed by atoms with Gasteiger partial charge in [-0.1, -0.05) is 49.5 Å². The molecule has 112 valence electrons. The van der Waals surface area contributed by atoms with Crippen LogP contribution in [0.4, 0.5) is 0 Å². The van der Waals surface area contributed by atoms with Crippen molar-refractivity contribution in [1.82, 2.24) is 5.32 Å². The van der Waals surface area contributed by atoms with E-state index in [4.69, 9.17) is 27.9 Å². The van der Waals surface area contributed by atoms with Gasteiger partial charge in [0, 0.05) is 6.04 Å². The van der Waals surface area contributed by atoms with Crippen LogP contribution >= 0.6 is 23.2 Å². The van der Waals surface area contributed by atoms with Gasteiger partial charge in [-0.15, -0.1) is 0 Å². The maximum absolute atomic E-state index is 11.9. The quantitative estimate of drug-likeness (QED) is 0.798. The van der Waals surface area contributed by atoms with Gasteiger partial charge in [-0.25, -0.2) is 0 Å². The molecule has 0 amide bonds. The molecule has 20 heavy (non-hydrogen) atoms. The van der Waals surface area contributed by atoms with Crippen molar-refractivity contribution in [2.45, 2.75) is 39.3 Å². The third-order valence-corrected chi connectivity index (χ3v) is 4.28. The normalized spacial score (nSPS) is 15.5. The van der Waals surface area contributed by atoms with Gasteiger partial charge in [0.1, 0.15) is 6.04 Å². The van der Waals surface area contributed by atoms with Crippen molar-refractivity contribution >= 4 is 29.2 Å². The van der Waals surface area contributed by atoms with Crippen LogP contribution in [0.1, 0.15) is 38.8 Å². The van der Waals surface area contributed by atoms with E-state index in [1.54, 1.807) is 6.07 Å². The predicted molar refractivity (Wildman–Crippen MR) is 83.3 cm³/mol. The smallest absolute Gasteiger partial charge is 0.323 e. The Labute approximate surface area is 130 Å². The number of nitrogens with one attached hydrogen (secondary N) is 1. The van der Waals surface area contributed by atoms with Crippen LogP contribution in [0.3, 0.4) is 0 Å². The highest BCUT2D eigenvalue weighted by molar-refractivity contribution is 6.42. The minimum atomic E-state index is -0.338. The van der Waals surface area contributed by atoms with Crippen molar-refractivity contribution in [1.29, 1.82) is 0 Å². The molecule has 0 radical (unpaired) electrons. The second-order valence-electron chi connectivity index (χ2n) is 4.95. The molecule has 0 saturated carbocycles. The summed E-state index contributed by atoms with van der Waals surface area (Å²) in [5, 5.41) is 4.34. The molecule has 0 aromatic heterocycles. The lowest BCUT2D eigenvalue weighted by atomic mass is 9.97. The van der Waals surface area contributed by atoms with Gasteiger partial charge < -0.3 is 4.74 Å². The van der Waals surface area contributed by atoms with Gasteiger partial charge in [-0.3, -0.25) is 10.1 Å². The van der Waals surface area contributed by atoms with Crippen molar-refractivity contribution < 1.29 is 9.53 Å². The second kappa shape index (κ2) is 7.87. The van der Waals surface area contributed by atoms with Gasteiger partial charge in [0.25, 0.3) is 0 Å². The minimum absolute atomic E-state index is 0.0251. The van der Waals surface area contributed by atoms with Crippen LogP contribution in [-0.4, -0.2) is 19.1 Å². The fraction of sp³-hybridized carbons (Fsp3) is 0.533. The zero-order valence-electron chi connectivity index (χ0n) is 12.2. The Kier molecular flexibility index (Phi) is 6.80. The molecular formula is C15H21Cl2NO2. The second-order valence-corrected chi connectivity index (χ2v) is 5.76. The Morgan fingerprint density at radius 3 is 2.45 bits per heavy atom. The largest absolute Gasteiger partial charge is 0.468 e. The van der Waals surface area contributed by atoms with E-state index in [0.29, 0.717) is 10.0 Å². The van der Waals surface area contributed by atoms with Gasteiger partial charge >= 0.3 is 5.97 Å². The first-order valence-electron chi connectivity index (χ1n) is 6.69. The summed E-state index contributed by atoms with van der Waals surface area (Å²) in [5.74, 6) is -0.0565. The first-order chi connectivity index (χ1) is 9.40. The van der Waals surface area contributed by atoms with E-state index in [2.05, 4.69) is 5.32 Å². The number of ether oxygens (including phenoxy) is 1. The molecule has 1 rings (SSSR count). The van der Waals surface area contributed by atoms with Gasteiger partial charge in [0.2, 0.25) is 0 Å². The molecule has 5 heteroatoms. The number of carbonyl (C=O) groups excluding carboxylic acids is 1. The minimum Gasteiger partial charge on any atom is -0.468 e. The van der Waals surface area contributed by atoms with Crippen molar-refractivity contribution in [3.05, 3.63) is 33.8 Å². The molecule has 3 unspecified atom stereocenters. The van der Waals surface area contributed by atoms with Crippen molar-refractivity contribution in [2.24, 2.45) is 5.92 Å². The molecule has 0 bridgehead atoms. The summed E-state index contributed by atoms with van der Waals surface area (Å²) in [4.78, 5) is 11.9. The Morgan fingerprint density at radius 1 is 1.30 bits per heavy atom.